The van der Waals surface area contributed by atoms with Crippen LogP contribution in [0, 0.1) is 0 Å². The predicted octanol–water partition coefficient (Wildman–Crippen LogP) is 4.24. The molecule has 2 heteroatoms. The first-order chi connectivity index (χ1) is 8.33. The minimum Gasteiger partial charge on any atom is -0.380 e. The lowest BCUT2D eigenvalue weighted by atomic mass is 10.0. The molecule has 17 heavy (non-hydrogen) atoms. The molecule has 0 aliphatic heterocycles. The van der Waals surface area contributed by atoms with E-state index in [0.717, 1.165) is 5.56 Å². The second-order valence-electron chi connectivity index (χ2n) is 3.96. The van der Waals surface area contributed by atoms with E-state index in [1.807, 2.05) is 0 Å². The molecule has 88 valence electrons. The highest BCUT2D eigenvalue weighted by Gasteiger charge is 1.98. The van der Waals surface area contributed by atoms with E-state index in [1.54, 1.807) is 7.11 Å². The number of hydrogen-bond donors (Lipinski definition) is 0. The van der Waals surface area contributed by atoms with Crippen molar-refractivity contribution in [3.63, 3.8) is 0 Å². The molecule has 0 aliphatic rings. The molecule has 0 fully saturated rings. The molecule has 0 amide bonds. The van der Waals surface area contributed by atoms with Crippen LogP contribution in [0.3, 0.4) is 0 Å². The van der Waals surface area contributed by atoms with Gasteiger partial charge in [0.1, 0.15) is 0 Å². The largest absolute Gasteiger partial charge is 0.380 e. The first-order valence-electron chi connectivity index (χ1n) is 5.56. The van der Waals surface area contributed by atoms with Crippen molar-refractivity contribution >= 4 is 11.6 Å². The van der Waals surface area contributed by atoms with Gasteiger partial charge in [-0.1, -0.05) is 48.5 Å². The molecule has 0 atom stereocenters. The second kappa shape index (κ2) is 5.85. The van der Waals surface area contributed by atoms with Crippen LogP contribution in [-0.2, 0) is 17.2 Å². The number of ether oxygens (including phenoxy) is 1. The van der Waals surface area contributed by atoms with Crippen molar-refractivity contribution in [1.82, 2.24) is 0 Å². The SMILES string of the molecule is COCc1ccc(-c2ccc(CCl)cc2)cc1. The van der Waals surface area contributed by atoms with Crippen LogP contribution in [0.25, 0.3) is 11.1 Å². The molecule has 0 spiro atoms. The van der Waals surface area contributed by atoms with Crippen LogP contribution >= 0.6 is 11.6 Å². The number of hydrogen-bond acceptors (Lipinski definition) is 1. The third kappa shape index (κ3) is 3.09. The molecule has 0 unspecified atom stereocenters. The van der Waals surface area contributed by atoms with Crippen molar-refractivity contribution in [2.75, 3.05) is 7.11 Å². The molecular weight excluding hydrogens is 232 g/mol. The number of methoxy groups -OCH3 is 1. The average Bonchev–Trinajstić information content (AvgIpc) is 2.40. The Morgan fingerprint density at radius 2 is 1.29 bits per heavy atom. The Balaban J connectivity index is 2.20. The molecule has 0 aliphatic carbocycles. The van der Waals surface area contributed by atoms with Crippen molar-refractivity contribution in [2.24, 2.45) is 0 Å². The van der Waals surface area contributed by atoms with Crippen LogP contribution in [0.2, 0.25) is 0 Å². The molecule has 0 radical (unpaired) electrons. The summed E-state index contributed by atoms with van der Waals surface area (Å²) in [6.45, 7) is 0.658. The summed E-state index contributed by atoms with van der Waals surface area (Å²) >= 11 is 5.77. The standard InChI is InChI=1S/C15H15ClO/c1-17-11-13-4-8-15(9-5-13)14-6-2-12(10-16)3-7-14/h2-9H,10-11H2,1H3. The molecule has 0 saturated heterocycles. The summed E-state index contributed by atoms with van der Waals surface area (Å²) in [4.78, 5) is 0. The van der Waals surface area contributed by atoms with Gasteiger partial charge in [0, 0.05) is 13.0 Å². The van der Waals surface area contributed by atoms with E-state index in [0.29, 0.717) is 12.5 Å². The van der Waals surface area contributed by atoms with Crippen LogP contribution in [0.4, 0.5) is 0 Å². The lowest BCUT2D eigenvalue weighted by Crippen LogP contribution is -1.87. The Labute approximate surface area is 107 Å². The maximum absolute atomic E-state index is 5.77. The maximum Gasteiger partial charge on any atom is 0.0713 e. The van der Waals surface area contributed by atoms with Crippen molar-refractivity contribution in [1.29, 1.82) is 0 Å². The molecular formula is C15H15ClO. The van der Waals surface area contributed by atoms with Crippen molar-refractivity contribution in [3.05, 3.63) is 59.7 Å². The lowest BCUT2D eigenvalue weighted by Gasteiger charge is -2.04. The number of halogens is 1. The van der Waals surface area contributed by atoms with Gasteiger partial charge < -0.3 is 4.74 Å². The van der Waals surface area contributed by atoms with Crippen LogP contribution in [0.5, 0.6) is 0 Å². The highest BCUT2D eigenvalue weighted by atomic mass is 35.5. The summed E-state index contributed by atoms with van der Waals surface area (Å²) < 4.78 is 5.09. The predicted molar refractivity (Wildman–Crippen MR) is 72.1 cm³/mol. The van der Waals surface area contributed by atoms with E-state index in [-0.39, 0.29) is 0 Å². The molecule has 2 aromatic rings. The zero-order valence-corrected chi connectivity index (χ0v) is 10.6. The number of rotatable bonds is 4. The quantitative estimate of drug-likeness (QED) is 0.734. The Morgan fingerprint density at radius 3 is 1.71 bits per heavy atom. The van der Waals surface area contributed by atoms with Gasteiger partial charge >= 0.3 is 0 Å². The Hall–Kier alpha value is -1.31. The van der Waals surface area contributed by atoms with Crippen LogP contribution in [-0.4, -0.2) is 7.11 Å². The van der Waals surface area contributed by atoms with Gasteiger partial charge in [-0.3, -0.25) is 0 Å². The van der Waals surface area contributed by atoms with Gasteiger partial charge in [-0.25, -0.2) is 0 Å². The minimum atomic E-state index is 0.563. The lowest BCUT2D eigenvalue weighted by molar-refractivity contribution is 0.185. The van der Waals surface area contributed by atoms with E-state index < -0.39 is 0 Å². The number of alkyl halides is 1. The maximum atomic E-state index is 5.77. The summed E-state index contributed by atoms with van der Waals surface area (Å²) in [6.07, 6.45) is 0. The van der Waals surface area contributed by atoms with Crippen molar-refractivity contribution < 1.29 is 4.74 Å². The fraction of sp³-hybridized carbons (Fsp3) is 0.200. The van der Waals surface area contributed by atoms with Crippen molar-refractivity contribution in [2.45, 2.75) is 12.5 Å². The zero-order valence-electron chi connectivity index (χ0n) is 9.82. The topological polar surface area (TPSA) is 9.23 Å². The van der Waals surface area contributed by atoms with Gasteiger partial charge in [0.2, 0.25) is 0 Å². The Bertz CT molecular complexity index is 459. The highest BCUT2D eigenvalue weighted by molar-refractivity contribution is 6.17. The Kier molecular flexibility index (Phi) is 4.18. The molecule has 0 bridgehead atoms. The number of benzene rings is 2. The molecule has 0 aromatic heterocycles. The normalized spacial score (nSPS) is 10.5. The van der Waals surface area contributed by atoms with Gasteiger partial charge in [0.15, 0.2) is 0 Å². The molecule has 1 nitrogen and oxygen atoms in total. The van der Waals surface area contributed by atoms with Crippen LogP contribution < -0.4 is 0 Å². The zero-order chi connectivity index (χ0) is 12.1. The van der Waals surface area contributed by atoms with Gasteiger partial charge in [0.25, 0.3) is 0 Å². The third-order valence-corrected chi connectivity index (χ3v) is 3.02. The molecule has 0 N–H and O–H groups in total. The molecule has 0 heterocycles. The van der Waals surface area contributed by atoms with Gasteiger partial charge in [0.05, 0.1) is 6.61 Å². The fourth-order valence-corrected chi connectivity index (χ4v) is 1.92. The molecule has 0 saturated carbocycles. The summed E-state index contributed by atoms with van der Waals surface area (Å²) in [7, 11) is 1.71. The van der Waals surface area contributed by atoms with E-state index >= 15 is 0 Å². The van der Waals surface area contributed by atoms with Gasteiger partial charge in [-0.2, -0.15) is 0 Å². The van der Waals surface area contributed by atoms with E-state index in [4.69, 9.17) is 16.3 Å². The van der Waals surface area contributed by atoms with E-state index in [2.05, 4.69) is 48.5 Å². The average molecular weight is 247 g/mol. The minimum absolute atomic E-state index is 0.563. The Morgan fingerprint density at radius 1 is 0.824 bits per heavy atom. The third-order valence-electron chi connectivity index (χ3n) is 2.71. The first-order valence-corrected chi connectivity index (χ1v) is 6.10. The van der Waals surface area contributed by atoms with Crippen molar-refractivity contribution in [3.8, 4) is 11.1 Å². The summed E-state index contributed by atoms with van der Waals surface area (Å²) in [5.41, 5.74) is 4.76. The summed E-state index contributed by atoms with van der Waals surface area (Å²) in [5, 5.41) is 0. The van der Waals surface area contributed by atoms with E-state index in [1.165, 1.54) is 16.7 Å². The monoisotopic (exact) mass is 246 g/mol. The highest BCUT2D eigenvalue weighted by Crippen LogP contribution is 2.21. The van der Waals surface area contributed by atoms with Gasteiger partial charge in [-0.15, -0.1) is 11.6 Å². The second-order valence-corrected chi connectivity index (χ2v) is 4.23. The smallest absolute Gasteiger partial charge is 0.0713 e. The van der Waals surface area contributed by atoms with Crippen LogP contribution in [0.1, 0.15) is 11.1 Å². The van der Waals surface area contributed by atoms with Gasteiger partial charge in [-0.05, 0) is 22.3 Å². The van der Waals surface area contributed by atoms with E-state index in [9.17, 15) is 0 Å². The first kappa shape index (κ1) is 12.2. The van der Waals surface area contributed by atoms with Crippen LogP contribution in [0.15, 0.2) is 48.5 Å². The fourth-order valence-electron chi connectivity index (χ4n) is 1.75. The summed E-state index contributed by atoms with van der Waals surface area (Å²) in [5.74, 6) is 0.563. The molecule has 2 rings (SSSR count). The molecule has 2 aromatic carbocycles. The summed E-state index contributed by atoms with van der Waals surface area (Å²) in [6, 6.07) is 16.7.